The van der Waals surface area contributed by atoms with Gasteiger partial charge in [-0.05, 0) is 28.7 Å². The summed E-state index contributed by atoms with van der Waals surface area (Å²) in [7, 11) is -3.81. The van der Waals surface area contributed by atoms with Gasteiger partial charge in [0, 0.05) is 0 Å². The molecule has 0 unspecified atom stereocenters. The fraction of sp³-hybridized carbons (Fsp3) is 0.278. The summed E-state index contributed by atoms with van der Waals surface area (Å²) in [5, 5.41) is 0. The molecule has 1 N–H and O–H groups in total. The smallest absolute Gasteiger partial charge is 0.264 e. The van der Waals surface area contributed by atoms with Crippen molar-refractivity contribution in [3.8, 4) is 0 Å². The minimum atomic E-state index is -3.81. The summed E-state index contributed by atoms with van der Waals surface area (Å²) in [6.45, 7) is 6.34. The lowest BCUT2D eigenvalue weighted by atomic mass is 9.86. The molecule has 0 aromatic heterocycles. The zero-order valence-electron chi connectivity index (χ0n) is 13.5. The molecule has 2 aromatic rings. The van der Waals surface area contributed by atoms with Crippen molar-refractivity contribution in [2.45, 2.75) is 37.5 Å². The van der Waals surface area contributed by atoms with E-state index >= 15 is 0 Å². The van der Waals surface area contributed by atoms with Crippen LogP contribution in [0.15, 0.2) is 59.5 Å². The number of amides is 1. The highest BCUT2D eigenvalue weighted by Crippen LogP contribution is 2.22. The third-order valence-electron chi connectivity index (χ3n) is 3.49. The summed E-state index contributed by atoms with van der Waals surface area (Å²) >= 11 is 0. The Morgan fingerprint density at radius 3 is 2.04 bits per heavy atom. The minimum absolute atomic E-state index is 0.0243. The summed E-state index contributed by atoms with van der Waals surface area (Å²) in [4.78, 5) is 12.1. The molecule has 0 heterocycles. The molecule has 4 nitrogen and oxygen atoms in total. The van der Waals surface area contributed by atoms with E-state index in [1.165, 1.54) is 17.7 Å². The molecule has 0 radical (unpaired) electrons. The molecule has 5 heteroatoms. The van der Waals surface area contributed by atoms with Gasteiger partial charge in [-0.2, -0.15) is 0 Å². The van der Waals surface area contributed by atoms with E-state index in [9.17, 15) is 13.2 Å². The molecule has 0 fully saturated rings. The molecule has 0 saturated heterocycles. The topological polar surface area (TPSA) is 63.2 Å². The molecule has 1 amide bonds. The minimum Gasteiger partial charge on any atom is -0.274 e. The van der Waals surface area contributed by atoms with Crippen molar-refractivity contribution in [1.29, 1.82) is 0 Å². The molecule has 2 aromatic carbocycles. The third-order valence-corrected chi connectivity index (χ3v) is 4.88. The van der Waals surface area contributed by atoms with Crippen LogP contribution in [0.4, 0.5) is 0 Å². The van der Waals surface area contributed by atoms with Crippen LogP contribution >= 0.6 is 0 Å². The molecular weight excluding hydrogens is 310 g/mol. The van der Waals surface area contributed by atoms with Gasteiger partial charge in [-0.3, -0.25) is 4.79 Å². The highest BCUT2D eigenvalue weighted by molar-refractivity contribution is 7.90. The number of hydrogen-bond donors (Lipinski definition) is 1. The highest BCUT2D eigenvalue weighted by Gasteiger charge is 2.18. The van der Waals surface area contributed by atoms with Crippen molar-refractivity contribution >= 4 is 15.9 Å². The van der Waals surface area contributed by atoms with Crippen LogP contribution in [-0.4, -0.2) is 14.3 Å². The van der Waals surface area contributed by atoms with Crippen LogP contribution in [0.3, 0.4) is 0 Å². The third kappa shape index (κ3) is 4.66. The van der Waals surface area contributed by atoms with Gasteiger partial charge < -0.3 is 0 Å². The molecule has 0 aliphatic heterocycles. The lowest BCUT2D eigenvalue weighted by Gasteiger charge is -2.19. The molecule has 2 rings (SSSR count). The summed E-state index contributed by atoms with van der Waals surface area (Å²) in [6.07, 6.45) is 0.0243. The Morgan fingerprint density at radius 2 is 1.52 bits per heavy atom. The first kappa shape index (κ1) is 17.2. The van der Waals surface area contributed by atoms with Crippen LogP contribution in [0, 0.1) is 0 Å². The van der Waals surface area contributed by atoms with E-state index in [0.29, 0.717) is 0 Å². The van der Waals surface area contributed by atoms with Crippen LogP contribution < -0.4 is 4.72 Å². The van der Waals surface area contributed by atoms with Crippen LogP contribution in [0.5, 0.6) is 0 Å². The van der Waals surface area contributed by atoms with Crippen LogP contribution in [0.2, 0.25) is 0 Å². The van der Waals surface area contributed by atoms with E-state index in [-0.39, 0.29) is 16.7 Å². The molecule has 23 heavy (non-hydrogen) atoms. The first-order chi connectivity index (χ1) is 10.7. The first-order valence-corrected chi connectivity index (χ1v) is 8.87. The van der Waals surface area contributed by atoms with E-state index in [0.717, 1.165) is 5.56 Å². The van der Waals surface area contributed by atoms with Gasteiger partial charge in [0.25, 0.3) is 10.0 Å². The zero-order chi connectivity index (χ0) is 17.1. The molecule has 0 spiro atoms. The van der Waals surface area contributed by atoms with Gasteiger partial charge in [-0.1, -0.05) is 63.2 Å². The van der Waals surface area contributed by atoms with Crippen molar-refractivity contribution < 1.29 is 13.2 Å². The van der Waals surface area contributed by atoms with E-state index < -0.39 is 15.9 Å². The highest BCUT2D eigenvalue weighted by atomic mass is 32.2. The van der Waals surface area contributed by atoms with E-state index in [1.54, 1.807) is 18.2 Å². The Morgan fingerprint density at radius 1 is 0.957 bits per heavy atom. The number of nitrogens with one attached hydrogen (secondary N) is 1. The van der Waals surface area contributed by atoms with Crippen LogP contribution in [0.25, 0.3) is 0 Å². The largest absolute Gasteiger partial charge is 0.274 e. The Hall–Kier alpha value is -2.14. The molecule has 122 valence electrons. The fourth-order valence-corrected chi connectivity index (χ4v) is 3.16. The second kappa shape index (κ2) is 6.54. The van der Waals surface area contributed by atoms with E-state index in [2.05, 4.69) is 25.5 Å². The van der Waals surface area contributed by atoms with Gasteiger partial charge >= 0.3 is 0 Å². The zero-order valence-corrected chi connectivity index (χ0v) is 14.4. The number of carbonyl (C=O) groups excluding carboxylic acids is 1. The Kier molecular flexibility index (Phi) is 4.90. The van der Waals surface area contributed by atoms with E-state index in [4.69, 9.17) is 0 Å². The summed E-state index contributed by atoms with van der Waals surface area (Å²) in [5.41, 5.74) is 1.98. The van der Waals surface area contributed by atoms with Gasteiger partial charge in [-0.15, -0.1) is 0 Å². The monoisotopic (exact) mass is 331 g/mol. The maximum Gasteiger partial charge on any atom is 0.264 e. The van der Waals surface area contributed by atoms with Crippen LogP contribution in [-0.2, 0) is 26.7 Å². The summed E-state index contributed by atoms with van der Waals surface area (Å²) in [6, 6.07) is 15.5. The molecule has 0 aliphatic carbocycles. The molecule has 0 atom stereocenters. The van der Waals surface area contributed by atoms with Crippen molar-refractivity contribution in [3.05, 3.63) is 65.7 Å². The van der Waals surface area contributed by atoms with Crippen molar-refractivity contribution in [1.82, 2.24) is 4.72 Å². The Labute approximate surface area is 137 Å². The number of benzene rings is 2. The maximum atomic E-state index is 12.1. The number of hydrogen-bond acceptors (Lipinski definition) is 3. The Balaban J connectivity index is 2.05. The number of sulfonamides is 1. The Bertz CT molecular complexity index is 773. The van der Waals surface area contributed by atoms with Crippen molar-refractivity contribution in [2.24, 2.45) is 0 Å². The van der Waals surface area contributed by atoms with Gasteiger partial charge in [0.15, 0.2) is 0 Å². The maximum absolute atomic E-state index is 12.1. The molecule has 0 saturated carbocycles. The lowest BCUT2D eigenvalue weighted by Crippen LogP contribution is -2.31. The predicted molar refractivity (Wildman–Crippen MR) is 90.6 cm³/mol. The standard InChI is InChI=1S/C18H21NO3S/c1-18(2,3)15-11-9-14(10-12-15)13-17(20)19-23(21,22)16-7-5-4-6-8-16/h4-12H,13H2,1-3H3,(H,19,20). The fourth-order valence-electron chi connectivity index (χ4n) is 2.15. The van der Waals surface area contributed by atoms with Gasteiger partial charge in [-0.25, -0.2) is 13.1 Å². The van der Waals surface area contributed by atoms with Gasteiger partial charge in [0.1, 0.15) is 0 Å². The SMILES string of the molecule is CC(C)(C)c1ccc(CC(=O)NS(=O)(=O)c2ccccc2)cc1. The summed E-state index contributed by atoms with van der Waals surface area (Å²) in [5.74, 6) is -0.544. The van der Waals surface area contributed by atoms with Crippen molar-refractivity contribution in [3.63, 3.8) is 0 Å². The summed E-state index contributed by atoms with van der Waals surface area (Å²) < 4.78 is 26.3. The van der Waals surface area contributed by atoms with Gasteiger partial charge in [0.2, 0.25) is 5.91 Å². The van der Waals surface area contributed by atoms with Crippen molar-refractivity contribution in [2.75, 3.05) is 0 Å². The van der Waals surface area contributed by atoms with Gasteiger partial charge in [0.05, 0.1) is 11.3 Å². The number of carbonyl (C=O) groups is 1. The second-order valence-corrected chi connectivity index (χ2v) is 8.15. The predicted octanol–water partition coefficient (Wildman–Crippen LogP) is 3.03. The quantitative estimate of drug-likeness (QED) is 0.936. The van der Waals surface area contributed by atoms with Crippen LogP contribution in [0.1, 0.15) is 31.9 Å². The van der Waals surface area contributed by atoms with E-state index in [1.807, 2.05) is 24.3 Å². The second-order valence-electron chi connectivity index (χ2n) is 6.47. The normalized spacial score (nSPS) is 12.0. The molecule has 0 bridgehead atoms. The first-order valence-electron chi connectivity index (χ1n) is 7.38. The lowest BCUT2D eigenvalue weighted by molar-refractivity contribution is -0.118. The number of rotatable bonds is 4. The molecule has 0 aliphatic rings. The average molecular weight is 331 g/mol. The molecular formula is C18H21NO3S. The average Bonchev–Trinajstić information content (AvgIpc) is 2.47.